The largest absolute Gasteiger partial charge is 0.462 e. The molecule has 1 heterocycles. The number of rotatable bonds is 8. The molecule has 0 unspecified atom stereocenters. The molecular weight excluding hydrogens is 418 g/mol. The van der Waals surface area contributed by atoms with Crippen LogP contribution in [-0.2, 0) is 16.0 Å². The van der Waals surface area contributed by atoms with Crippen LogP contribution in [-0.4, -0.2) is 35.5 Å². The molecule has 160 valence electrons. The number of carbonyl (C=O) groups excluding carboxylic acids is 3. The highest BCUT2D eigenvalue weighted by Gasteiger charge is 2.24. The molecule has 0 bridgehead atoms. The minimum Gasteiger partial charge on any atom is -0.462 e. The summed E-state index contributed by atoms with van der Waals surface area (Å²) < 4.78 is 11.8. The highest BCUT2D eigenvalue weighted by molar-refractivity contribution is 6.30. The second-order valence-electron chi connectivity index (χ2n) is 6.68. The number of benzene rings is 2. The Morgan fingerprint density at radius 1 is 0.806 bits per heavy atom. The Kier molecular flexibility index (Phi) is 7.26. The number of hydrogen-bond donors (Lipinski definition) is 0. The van der Waals surface area contributed by atoms with E-state index in [9.17, 15) is 14.4 Å². The molecule has 0 fully saturated rings. The van der Waals surface area contributed by atoms with E-state index in [0.717, 1.165) is 5.56 Å². The molecule has 0 atom stereocenters. The van der Waals surface area contributed by atoms with Gasteiger partial charge in [0.15, 0.2) is 5.78 Å². The molecule has 3 rings (SSSR count). The summed E-state index contributed by atoms with van der Waals surface area (Å²) in [6.45, 7) is 4.11. The van der Waals surface area contributed by atoms with Crippen molar-refractivity contribution in [3.05, 3.63) is 93.8 Å². The first-order valence-corrected chi connectivity index (χ1v) is 10.2. The lowest BCUT2D eigenvalue weighted by Gasteiger charge is -2.11. The zero-order valence-corrected chi connectivity index (χ0v) is 18.0. The maximum absolute atomic E-state index is 12.6. The zero-order valence-electron chi connectivity index (χ0n) is 17.3. The van der Waals surface area contributed by atoms with Crippen LogP contribution in [0.4, 0.5) is 0 Å². The average Bonchev–Trinajstić information content (AvgIpc) is 3.18. The van der Waals surface area contributed by atoms with Crippen LogP contribution in [0.3, 0.4) is 0 Å². The third kappa shape index (κ3) is 5.22. The molecule has 7 heteroatoms. The van der Waals surface area contributed by atoms with Crippen molar-refractivity contribution in [2.24, 2.45) is 0 Å². The molecule has 1 aromatic heterocycles. The van der Waals surface area contributed by atoms with Crippen molar-refractivity contribution in [2.75, 3.05) is 13.2 Å². The van der Waals surface area contributed by atoms with Crippen molar-refractivity contribution in [2.45, 2.75) is 20.4 Å². The summed E-state index contributed by atoms with van der Waals surface area (Å²) in [5.74, 6) is -1.28. The van der Waals surface area contributed by atoms with Crippen LogP contribution >= 0.6 is 11.6 Å². The number of esters is 2. The van der Waals surface area contributed by atoms with Gasteiger partial charge in [-0.1, -0.05) is 35.9 Å². The average molecular weight is 440 g/mol. The smallest absolute Gasteiger partial charge is 0.355 e. The van der Waals surface area contributed by atoms with Crippen LogP contribution in [0.25, 0.3) is 0 Å². The van der Waals surface area contributed by atoms with Crippen LogP contribution in [0, 0.1) is 0 Å². The fourth-order valence-electron chi connectivity index (χ4n) is 3.13. The quantitative estimate of drug-likeness (QED) is 0.373. The molecule has 6 nitrogen and oxygen atoms in total. The van der Waals surface area contributed by atoms with E-state index >= 15 is 0 Å². The monoisotopic (exact) mass is 439 g/mol. The van der Waals surface area contributed by atoms with E-state index in [4.69, 9.17) is 21.1 Å². The molecule has 0 amide bonds. The van der Waals surface area contributed by atoms with Gasteiger partial charge in [-0.25, -0.2) is 9.59 Å². The molecule has 0 N–H and O–H groups in total. The van der Waals surface area contributed by atoms with Crippen molar-refractivity contribution in [1.29, 1.82) is 0 Å². The molecule has 31 heavy (non-hydrogen) atoms. The van der Waals surface area contributed by atoms with Gasteiger partial charge in [-0.05, 0) is 49.7 Å². The summed E-state index contributed by atoms with van der Waals surface area (Å²) in [4.78, 5) is 37.3. The Hall–Kier alpha value is -3.38. The molecule has 0 saturated carbocycles. The minimum absolute atomic E-state index is 0.110. The van der Waals surface area contributed by atoms with Crippen LogP contribution in [0.2, 0.25) is 5.02 Å². The topological polar surface area (TPSA) is 74.6 Å². The third-order valence-corrected chi connectivity index (χ3v) is 4.86. The Bertz CT molecular complexity index is 1080. The fraction of sp³-hybridized carbons (Fsp3) is 0.208. The molecule has 0 aliphatic rings. The van der Waals surface area contributed by atoms with Crippen LogP contribution < -0.4 is 0 Å². The van der Waals surface area contributed by atoms with Crippen molar-refractivity contribution < 1.29 is 23.9 Å². The number of nitrogens with zero attached hydrogens (tertiary/aromatic N) is 1. The normalized spacial score (nSPS) is 10.5. The van der Waals surface area contributed by atoms with Crippen molar-refractivity contribution >= 4 is 29.3 Å². The lowest BCUT2D eigenvalue weighted by Crippen LogP contribution is -2.17. The molecule has 0 aliphatic heterocycles. The van der Waals surface area contributed by atoms with Gasteiger partial charge >= 0.3 is 11.9 Å². The van der Waals surface area contributed by atoms with Gasteiger partial charge in [0.05, 0.1) is 18.8 Å². The zero-order chi connectivity index (χ0) is 22.4. The van der Waals surface area contributed by atoms with Crippen molar-refractivity contribution in [3.8, 4) is 0 Å². The van der Waals surface area contributed by atoms with Gasteiger partial charge in [-0.2, -0.15) is 0 Å². The Morgan fingerprint density at radius 3 is 1.94 bits per heavy atom. The van der Waals surface area contributed by atoms with E-state index < -0.39 is 11.9 Å². The standard InChI is InChI=1S/C24H22ClNO5/c1-3-30-23(28)20-13-14-26(21(20)24(29)31-4-2)15-16-5-7-17(8-6-16)22(27)18-9-11-19(25)12-10-18/h5-14H,3-4,15H2,1-2H3. The molecular formula is C24H22ClNO5. The summed E-state index contributed by atoms with van der Waals surface area (Å²) >= 11 is 5.88. The molecule has 0 saturated heterocycles. The number of ether oxygens (including phenoxy) is 2. The molecule has 0 aliphatic carbocycles. The Balaban J connectivity index is 1.83. The second kappa shape index (κ2) is 10.1. The van der Waals surface area contributed by atoms with Crippen LogP contribution in [0.15, 0.2) is 60.8 Å². The van der Waals surface area contributed by atoms with Crippen LogP contribution in [0.5, 0.6) is 0 Å². The van der Waals surface area contributed by atoms with Gasteiger partial charge in [0.1, 0.15) is 5.69 Å². The number of hydrogen-bond acceptors (Lipinski definition) is 5. The lowest BCUT2D eigenvalue weighted by atomic mass is 10.0. The van der Waals surface area contributed by atoms with E-state index in [0.29, 0.717) is 22.7 Å². The van der Waals surface area contributed by atoms with E-state index in [1.165, 1.54) is 0 Å². The number of aromatic nitrogens is 1. The van der Waals surface area contributed by atoms with Gasteiger partial charge in [-0.3, -0.25) is 4.79 Å². The van der Waals surface area contributed by atoms with Gasteiger partial charge in [-0.15, -0.1) is 0 Å². The van der Waals surface area contributed by atoms with E-state index in [2.05, 4.69) is 0 Å². The fourth-order valence-corrected chi connectivity index (χ4v) is 3.26. The Labute approximate surface area is 185 Å². The van der Waals surface area contributed by atoms with Gasteiger partial charge in [0, 0.05) is 28.9 Å². The molecule has 0 spiro atoms. The highest BCUT2D eigenvalue weighted by Crippen LogP contribution is 2.18. The number of halogens is 1. The van der Waals surface area contributed by atoms with Crippen molar-refractivity contribution in [1.82, 2.24) is 4.57 Å². The van der Waals surface area contributed by atoms with Crippen LogP contribution in [0.1, 0.15) is 56.2 Å². The summed E-state index contributed by atoms with van der Waals surface area (Å²) in [6.07, 6.45) is 1.64. The molecule has 3 aromatic rings. The predicted molar refractivity (Wildman–Crippen MR) is 117 cm³/mol. The second-order valence-corrected chi connectivity index (χ2v) is 7.12. The lowest BCUT2D eigenvalue weighted by molar-refractivity contribution is 0.0471. The summed E-state index contributed by atoms with van der Waals surface area (Å²) in [6, 6.07) is 15.3. The highest BCUT2D eigenvalue weighted by atomic mass is 35.5. The molecule has 2 aromatic carbocycles. The van der Waals surface area contributed by atoms with Gasteiger partial charge in [0.2, 0.25) is 0 Å². The maximum Gasteiger partial charge on any atom is 0.355 e. The summed E-state index contributed by atoms with van der Waals surface area (Å²) in [5, 5.41) is 0.568. The SMILES string of the molecule is CCOC(=O)c1ccn(Cc2ccc(C(=O)c3ccc(Cl)cc3)cc2)c1C(=O)OCC. The van der Waals surface area contributed by atoms with Gasteiger partial charge < -0.3 is 14.0 Å². The first kappa shape index (κ1) is 22.3. The minimum atomic E-state index is -0.593. The first-order valence-electron chi connectivity index (χ1n) is 9.87. The maximum atomic E-state index is 12.6. The van der Waals surface area contributed by atoms with Gasteiger partial charge in [0.25, 0.3) is 0 Å². The summed E-state index contributed by atoms with van der Waals surface area (Å²) in [7, 11) is 0. The van der Waals surface area contributed by atoms with E-state index in [1.54, 1.807) is 67.1 Å². The molecule has 0 radical (unpaired) electrons. The number of carbonyl (C=O) groups is 3. The predicted octanol–water partition coefficient (Wildman–Crippen LogP) is 4.77. The number of ketones is 1. The summed E-state index contributed by atoms with van der Waals surface area (Å²) in [5.41, 5.74) is 2.24. The van der Waals surface area contributed by atoms with E-state index in [-0.39, 0.29) is 30.3 Å². The third-order valence-electron chi connectivity index (χ3n) is 4.60. The van der Waals surface area contributed by atoms with E-state index in [1.807, 2.05) is 12.1 Å². The first-order chi connectivity index (χ1) is 14.9. The Morgan fingerprint density at radius 2 is 1.35 bits per heavy atom. The van der Waals surface area contributed by atoms with Crippen molar-refractivity contribution in [3.63, 3.8) is 0 Å².